The Hall–Kier alpha value is -8.63. The number of alkyl halides is 3. The molecular formula is C57H61F3N8O11. The zero-order valence-corrected chi connectivity index (χ0v) is 42.7. The van der Waals surface area contributed by atoms with Crippen molar-refractivity contribution in [3.63, 3.8) is 0 Å². The molecule has 2 fully saturated rings. The van der Waals surface area contributed by atoms with Gasteiger partial charge in [0.05, 0.1) is 12.0 Å². The Bertz CT molecular complexity index is 2940. The third-order valence-electron chi connectivity index (χ3n) is 13.5. The molecule has 3 heterocycles. The fraction of sp³-hybridized carbons (Fsp3) is 0.333. The Morgan fingerprint density at radius 2 is 1.14 bits per heavy atom. The lowest BCUT2D eigenvalue weighted by molar-refractivity contribution is -0.192. The number of benzene rings is 5. The Morgan fingerprint density at radius 3 is 1.78 bits per heavy atom. The van der Waals surface area contributed by atoms with Crippen LogP contribution in [0.5, 0.6) is 5.75 Å². The highest BCUT2D eigenvalue weighted by Gasteiger charge is 2.44. The zero-order valence-electron chi connectivity index (χ0n) is 42.7. The number of unbranched alkanes of at least 4 members (excludes halogenated alkanes) is 1. The molecule has 3 aliphatic heterocycles. The summed E-state index contributed by atoms with van der Waals surface area (Å²) >= 11 is 0. The maximum absolute atomic E-state index is 14.9. The van der Waals surface area contributed by atoms with Crippen molar-refractivity contribution in [2.75, 3.05) is 18.4 Å². The van der Waals surface area contributed by atoms with E-state index in [-0.39, 0.29) is 38.6 Å². The highest BCUT2D eigenvalue weighted by molar-refractivity contribution is 6.04. The number of hydrogen-bond acceptors (Lipinski definition) is 11. The molecule has 79 heavy (non-hydrogen) atoms. The highest BCUT2D eigenvalue weighted by Crippen LogP contribution is 2.35. The number of aliphatic hydroxyl groups is 1. The van der Waals surface area contributed by atoms with Gasteiger partial charge in [0, 0.05) is 31.5 Å². The third-order valence-corrected chi connectivity index (χ3v) is 13.5. The van der Waals surface area contributed by atoms with Crippen LogP contribution in [-0.4, -0.2) is 118 Å². The third kappa shape index (κ3) is 16.0. The number of halogens is 3. The topological polar surface area (TPSA) is 288 Å². The molecule has 0 radical (unpaired) electrons. The lowest BCUT2D eigenvalue weighted by Gasteiger charge is -2.32. The Labute approximate surface area is 452 Å². The van der Waals surface area contributed by atoms with Gasteiger partial charge < -0.3 is 57.5 Å². The van der Waals surface area contributed by atoms with Gasteiger partial charge in [-0.3, -0.25) is 33.6 Å². The second kappa shape index (κ2) is 27.1. The molecule has 0 saturated carbocycles. The van der Waals surface area contributed by atoms with Crippen LogP contribution in [0.2, 0.25) is 0 Å². The van der Waals surface area contributed by atoms with Gasteiger partial charge in [0.15, 0.2) is 0 Å². The molecule has 8 atom stereocenters. The van der Waals surface area contributed by atoms with Gasteiger partial charge >= 0.3 is 12.1 Å². The largest absolute Gasteiger partial charge is 0.490 e. The first kappa shape index (κ1) is 58.1. The predicted molar refractivity (Wildman–Crippen MR) is 281 cm³/mol. The summed E-state index contributed by atoms with van der Waals surface area (Å²) in [5.41, 5.74) is 9.66. The first-order chi connectivity index (χ1) is 37.9. The average Bonchev–Trinajstić information content (AvgIpc) is 4.08. The molecular weight excluding hydrogens is 1030 g/mol. The number of hydrogen-bond donors (Lipinski definition) is 9. The molecule has 0 bridgehead atoms. The summed E-state index contributed by atoms with van der Waals surface area (Å²) in [5.74, 6) is -7.96. The first-order valence-corrected chi connectivity index (χ1v) is 25.6. The zero-order chi connectivity index (χ0) is 56.6. The fourth-order valence-corrected chi connectivity index (χ4v) is 9.46. The number of fused-ring (bicyclic) bond motifs is 2. The van der Waals surface area contributed by atoms with E-state index in [0.717, 1.165) is 5.56 Å². The van der Waals surface area contributed by atoms with Gasteiger partial charge in [0.1, 0.15) is 48.6 Å². The highest BCUT2D eigenvalue weighted by atomic mass is 19.4. The number of carboxylic acids is 1. The van der Waals surface area contributed by atoms with Crippen LogP contribution in [0.3, 0.4) is 0 Å². The van der Waals surface area contributed by atoms with Crippen molar-refractivity contribution in [3.8, 4) is 5.75 Å². The van der Waals surface area contributed by atoms with E-state index < -0.39 is 102 Å². The molecule has 22 heteroatoms. The molecule has 5 aromatic rings. The van der Waals surface area contributed by atoms with Crippen LogP contribution in [0.1, 0.15) is 71.9 Å². The molecule has 2 saturated heterocycles. The number of nitrogens with two attached hydrogens (primary N) is 1. The normalized spacial score (nSPS) is 22.9. The van der Waals surface area contributed by atoms with Crippen LogP contribution in [-0.2, 0) is 57.8 Å². The molecule has 416 valence electrons. The van der Waals surface area contributed by atoms with Gasteiger partial charge in [-0.15, -0.1) is 0 Å². The number of carbonyl (C=O) groups is 8. The Balaban J connectivity index is 0.00000121. The number of ether oxygens (including phenoxy) is 1. The number of carbonyl (C=O) groups excluding carboxylic acids is 7. The fourth-order valence-electron chi connectivity index (χ4n) is 9.46. The number of rotatable bonds is 14. The van der Waals surface area contributed by atoms with Crippen LogP contribution >= 0.6 is 0 Å². The number of aliphatic hydroxyl groups excluding tert-OH is 1. The van der Waals surface area contributed by atoms with Gasteiger partial charge in [-0.05, 0) is 78.2 Å². The van der Waals surface area contributed by atoms with E-state index in [2.05, 4.69) is 31.9 Å². The lowest BCUT2D eigenvalue weighted by Crippen LogP contribution is -2.61. The summed E-state index contributed by atoms with van der Waals surface area (Å²) in [6, 6.07) is 32.9. The maximum atomic E-state index is 14.9. The van der Waals surface area contributed by atoms with Crippen LogP contribution < -0.4 is 42.4 Å². The van der Waals surface area contributed by atoms with Crippen molar-refractivity contribution in [2.24, 2.45) is 5.73 Å². The van der Waals surface area contributed by atoms with Gasteiger partial charge in [0.25, 0.3) is 0 Å². The average molecular weight is 1090 g/mol. The Kier molecular flexibility index (Phi) is 19.9. The smallest absolute Gasteiger partial charge is 0.489 e. The van der Waals surface area contributed by atoms with Gasteiger partial charge in [-0.1, -0.05) is 121 Å². The van der Waals surface area contributed by atoms with Crippen molar-refractivity contribution in [1.29, 1.82) is 0 Å². The molecule has 3 aliphatic rings. The molecule has 10 N–H and O–H groups in total. The van der Waals surface area contributed by atoms with E-state index in [1.807, 2.05) is 36.4 Å². The summed E-state index contributed by atoms with van der Waals surface area (Å²) in [6.45, 7) is 0.369. The number of carboxylic acid groups (broad SMARTS) is 1. The minimum Gasteiger partial charge on any atom is -0.489 e. The van der Waals surface area contributed by atoms with E-state index in [1.165, 1.54) is 4.90 Å². The standard InChI is InChI=1S/C55H60N8O9.C2HF3O2/c56-27-13-12-22-43-50(66)59-44(28-35-23-25-39(26-24-35)72-33-36-16-6-2-7-17-36)51(67)61-46(29-34-14-4-1-5-15-34)55(71)63-32-38(64)30-47(63)53(69)62-48(37-18-8-3-9-19-37)54(70)60-45(52(68)58-43)31-41-40-20-10-11-21-42(40)57-49(41)65;3-2(4,5)1(6)7/h1-11,14-21,23-26,38,41,43-48,64H,12-13,22,27-33,56H2,(H,57,65)(H,58,68)(H,59,66)(H,60,70)(H,61,67)(H,62,69);(H,6,7)/t38?,41?,43-,44-,45+,46-,47-,48-;/m0./s1. The van der Waals surface area contributed by atoms with E-state index in [4.69, 9.17) is 20.4 Å². The monoisotopic (exact) mass is 1090 g/mol. The molecule has 2 unspecified atom stereocenters. The number of anilines is 1. The van der Waals surface area contributed by atoms with Crippen molar-refractivity contribution < 1.29 is 66.5 Å². The number of aliphatic carboxylic acids is 1. The number of para-hydroxylation sites is 1. The van der Waals surface area contributed by atoms with Gasteiger partial charge in [0.2, 0.25) is 41.4 Å². The summed E-state index contributed by atoms with van der Waals surface area (Å²) in [7, 11) is 0. The number of amides is 7. The predicted octanol–water partition coefficient (Wildman–Crippen LogP) is 3.71. The van der Waals surface area contributed by atoms with E-state index in [0.29, 0.717) is 59.7 Å². The first-order valence-electron chi connectivity index (χ1n) is 25.6. The van der Waals surface area contributed by atoms with Crippen LogP contribution in [0.4, 0.5) is 18.9 Å². The molecule has 7 amide bonds. The van der Waals surface area contributed by atoms with Crippen LogP contribution in [0.15, 0.2) is 140 Å². The molecule has 5 aromatic carbocycles. The molecule has 19 nitrogen and oxygen atoms in total. The SMILES string of the molecule is NCCCC[C@@H]1NC(=O)[C@@H](CC2C(=O)Nc3ccccc32)NC(=O)[C@H](c2ccccc2)NC(=O)[C@@H]2CC(O)CN2C(=O)[C@H](Cc2ccccc2)NC(=O)[C@H](Cc2ccc(OCc3ccccc3)cc2)NC1=O.O=C(O)C(F)(F)F. The van der Waals surface area contributed by atoms with E-state index >= 15 is 0 Å². The van der Waals surface area contributed by atoms with Crippen LogP contribution in [0.25, 0.3) is 0 Å². The van der Waals surface area contributed by atoms with Crippen molar-refractivity contribution in [2.45, 2.75) is 106 Å². The second-order valence-electron chi connectivity index (χ2n) is 19.3. The van der Waals surface area contributed by atoms with Crippen molar-refractivity contribution in [1.82, 2.24) is 31.5 Å². The van der Waals surface area contributed by atoms with E-state index in [9.17, 15) is 51.8 Å². The second-order valence-corrected chi connectivity index (χ2v) is 19.3. The summed E-state index contributed by atoms with van der Waals surface area (Å²) in [5, 5.41) is 35.2. The van der Waals surface area contributed by atoms with Gasteiger partial charge in [-0.2, -0.15) is 13.2 Å². The molecule has 0 aliphatic carbocycles. The number of nitrogens with one attached hydrogen (secondary N) is 6. The summed E-state index contributed by atoms with van der Waals surface area (Å²) in [4.78, 5) is 112. The number of nitrogens with zero attached hydrogens (tertiary/aromatic N) is 1. The Morgan fingerprint density at radius 1 is 0.608 bits per heavy atom. The minimum atomic E-state index is -5.08. The van der Waals surface area contributed by atoms with Gasteiger partial charge in [-0.25, -0.2) is 4.79 Å². The lowest BCUT2D eigenvalue weighted by atomic mass is 9.92. The molecule has 0 aromatic heterocycles. The molecule has 8 rings (SSSR count). The minimum absolute atomic E-state index is 0.0157. The van der Waals surface area contributed by atoms with Crippen molar-refractivity contribution >= 4 is 53.0 Å². The molecule has 0 spiro atoms. The quantitative estimate of drug-likeness (QED) is 0.0720. The van der Waals surface area contributed by atoms with Crippen molar-refractivity contribution in [3.05, 3.63) is 167 Å². The maximum Gasteiger partial charge on any atom is 0.490 e. The summed E-state index contributed by atoms with van der Waals surface area (Å²) < 4.78 is 37.7. The summed E-state index contributed by atoms with van der Waals surface area (Å²) in [6.07, 6.45) is -5.73. The van der Waals surface area contributed by atoms with Crippen LogP contribution in [0, 0.1) is 0 Å². The van der Waals surface area contributed by atoms with E-state index in [1.54, 1.807) is 103 Å².